The Labute approximate surface area is 187 Å². The van der Waals surface area contributed by atoms with Gasteiger partial charge in [0, 0.05) is 38.2 Å². The number of anilines is 1. The Kier molecular flexibility index (Phi) is 7.81. The number of carbonyl (C=O) groups excluding carboxylic acids is 3. The summed E-state index contributed by atoms with van der Waals surface area (Å²) in [4.78, 5) is 38.7. The van der Waals surface area contributed by atoms with Gasteiger partial charge in [-0.1, -0.05) is 30.3 Å². The van der Waals surface area contributed by atoms with Crippen LogP contribution in [0.15, 0.2) is 48.5 Å². The Hall–Kier alpha value is -3.42. The minimum atomic E-state index is -0.750. The van der Waals surface area contributed by atoms with Crippen molar-refractivity contribution in [2.45, 2.75) is 45.2 Å². The molecule has 1 saturated heterocycles. The molecule has 0 saturated carbocycles. The Morgan fingerprint density at radius 2 is 1.72 bits per heavy atom. The van der Waals surface area contributed by atoms with Gasteiger partial charge in [-0.2, -0.15) is 0 Å². The fraction of sp³-hybridized carbons (Fsp3) is 0.375. The number of nitrogens with zero attached hydrogens (tertiary/aromatic N) is 1. The van der Waals surface area contributed by atoms with E-state index in [1.807, 2.05) is 31.2 Å². The second kappa shape index (κ2) is 10.7. The summed E-state index contributed by atoms with van der Waals surface area (Å²) in [7, 11) is 0. The Morgan fingerprint density at radius 1 is 1.06 bits per heavy atom. The summed E-state index contributed by atoms with van der Waals surface area (Å²) in [6.07, 6.45) is 1.51. The van der Waals surface area contributed by atoms with Gasteiger partial charge in [0.1, 0.15) is 11.9 Å². The van der Waals surface area contributed by atoms with E-state index in [1.165, 1.54) is 19.1 Å². The van der Waals surface area contributed by atoms with Crippen molar-refractivity contribution in [2.24, 2.45) is 0 Å². The molecule has 0 bridgehead atoms. The van der Waals surface area contributed by atoms with E-state index in [0.29, 0.717) is 25.9 Å². The van der Waals surface area contributed by atoms with Gasteiger partial charge < -0.3 is 20.9 Å². The molecule has 0 spiro atoms. The van der Waals surface area contributed by atoms with Crippen LogP contribution >= 0.6 is 0 Å². The van der Waals surface area contributed by atoms with E-state index in [0.717, 1.165) is 16.8 Å². The molecular weight excluding hydrogens is 411 g/mol. The number of likely N-dealkylation sites (tertiary alicyclic amines) is 1. The summed E-state index contributed by atoms with van der Waals surface area (Å²) in [6.45, 7) is 4.34. The maximum absolute atomic E-state index is 13.2. The van der Waals surface area contributed by atoms with Crippen molar-refractivity contribution in [3.05, 3.63) is 65.5 Å². The van der Waals surface area contributed by atoms with Crippen molar-refractivity contribution in [1.29, 1.82) is 0 Å². The summed E-state index contributed by atoms with van der Waals surface area (Å²) < 4.78 is 13.2. The second-order valence-corrected chi connectivity index (χ2v) is 8.10. The van der Waals surface area contributed by atoms with E-state index in [1.54, 1.807) is 17.0 Å². The fourth-order valence-corrected chi connectivity index (χ4v) is 3.75. The predicted octanol–water partition coefficient (Wildman–Crippen LogP) is 2.99. The molecule has 7 nitrogen and oxygen atoms in total. The first-order chi connectivity index (χ1) is 15.3. The quantitative estimate of drug-likeness (QED) is 0.645. The van der Waals surface area contributed by atoms with Crippen molar-refractivity contribution in [2.75, 3.05) is 18.4 Å². The molecule has 3 N–H and O–H groups in total. The number of hydrogen-bond acceptors (Lipinski definition) is 3. The van der Waals surface area contributed by atoms with E-state index >= 15 is 0 Å². The molecule has 1 fully saturated rings. The number of nitrogens with one attached hydrogen (secondary N) is 3. The fourth-order valence-electron chi connectivity index (χ4n) is 3.75. The van der Waals surface area contributed by atoms with Gasteiger partial charge in [0.2, 0.25) is 11.8 Å². The van der Waals surface area contributed by atoms with Gasteiger partial charge >= 0.3 is 6.03 Å². The van der Waals surface area contributed by atoms with Gasteiger partial charge in [0.05, 0.1) is 0 Å². The first-order valence-corrected chi connectivity index (χ1v) is 10.8. The van der Waals surface area contributed by atoms with E-state index in [-0.39, 0.29) is 36.1 Å². The average molecular weight is 441 g/mol. The smallest absolute Gasteiger partial charge is 0.321 e. The number of benzene rings is 2. The first-order valence-electron chi connectivity index (χ1n) is 10.8. The summed E-state index contributed by atoms with van der Waals surface area (Å²) in [6, 6.07) is 12.5. The number of rotatable bonds is 6. The van der Waals surface area contributed by atoms with Crippen LogP contribution in [-0.4, -0.2) is 47.9 Å². The van der Waals surface area contributed by atoms with Crippen molar-refractivity contribution < 1.29 is 18.8 Å². The molecule has 170 valence electrons. The average Bonchev–Trinajstić information content (AvgIpc) is 2.76. The van der Waals surface area contributed by atoms with E-state index in [4.69, 9.17) is 0 Å². The lowest BCUT2D eigenvalue weighted by atomic mass is 10.0. The van der Waals surface area contributed by atoms with E-state index in [9.17, 15) is 18.8 Å². The van der Waals surface area contributed by atoms with E-state index in [2.05, 4.69) is 16.0 Å². The Morgan fingerprint density at radius 3 is 2.34 bits per heavy atom. The Balaban J connectivity index is 1.52. The van der Waals surface area contributed by atoms with Crippen LogP contribution < -0.4 is 16.0 Å². The van der Waals surface area contributed by atoms with E-state index < -0.39 is 6.04 Å². The molecule has 3 rings (SSSR count). The minimum Gasteiger partial charge on any atom is -0.351 e. The standard InChI is InChI=1S/C24H29FN4O3/c1-16-5-3-4-6-21(16)28-24(32)29-13-11-20(12-14-29)27-23(31)22(26-17(2)30)15-18-7-9-19(25)10-8-18/h3-10,20,22H,11-15H2,1-2H3,(H,26,30)(H,27,31)(H,28,32)/t22-/m0/s1. The molecule has 4 amide bonds. The normalized spacial score (nSPS) is 15.0. The molecule has 1 aliphatic heterocycles. The van der Waals surface area contributed by atoms with Crippen LogP contribution in [0.3, 0.4) is 0 Å². The molecule has 0 radical (unpaired) electrons. The lowest BCUT2D eigenvalue weighted by Gasteiger charge is -2.33. The summed E-state index contributed by atoms with van der Waals surface area (Å²) in [5, 5.41) is 8.59. The molecule has 0 aliphatic carbocycles. The highest BCUT2D eigenvalue weighted by molar-refractivity contribution is 5.90. The molecule has 8 heteroatoms. The van der Waals surface area contributed by atoms with Crippen LogP contribution in [0.1, 0.15) is 30.9 Å². The lowest BCUT2D eigenvalue weighted by Crippen LogP contribution is -2.53. The topological polar surface area (TPSA) is 90.5 Å². The van der Waals surface area contributed by atoms with Crippen molar-refractivity contribution in [1.82, 2.24) is 15.5 Å². The lowest BCUT2D eigenvalue weighted by molar-refractivity contribution is -0.128. The third-order valence-electron chi connectivity index (χ3n) is 5.56. The second-order valence-electron chi connectivity index (χ2n) is 8.10. The highest BCUT2D eigenvalue weighted by Crippen LogP contribution is 2.17. The van der Waals surface area contributed by atoms with Crippen LogP contribution in [0.5, 0.6) is 0 Å². The molecule has 2 aromatic carbocycles. The number of aryl methyl sites for hydroxylation is 1. The molecule has 1 atom stereocenters. The largest absolute Gasteiger partial charge is 0.351 e. The number of halogens is 1. The van der Waals surface area contributed by atoms with Crippen molar-refractivity contribution in [3.63, 3.8) is 0 Å². The van der Waals surface area contributed by atoms with Gasteiger partial charge in [-0.25, -0.2) is 9.18 Å². The summed E-state index contributed by atoms with van der Waals surface area (Å²) in [5.41, 5.74) is 2.53. The van der Waals surface area contributed by atoms with Crippen LogP contribution in [0.25, 0.3) is 0 Å². The van der Waals surface area contributed by atoms with Crippen LogP contribution in [0.2, 0.25) is 0 Å². The summed E-state index contributed by atoms with van der Waals surface area (Å²) >= 11 is 0. The monoisotopic (exact) mass is 440 g/mol. The number of piperidine rings is 1. The van der Waals surface area contributed by atoms with Gasteiger partial charge in [-0.05, 0) is 49.1 Å². The maximum atomic E-state index is 13.2. The molecule has 1 aliphatic rings. The van der Waals surface area contributed by atoms with Crippen LogP contribution in [-0.2, 0) is 16.0 Å². The molecular formula is C24H29FN4O3. The zero-order valence-corrected chi connectivity index (χ0v) is 18.4. The minimum absolute atomic E-state index is 0.0884. The summed E-state index contributed by atoms with van der Waals surface area (Å²) in [5.74, 6) is -0.949. The highest BCUT2D eigenvalue weighted by atomic mass is 19.1. The van der Waals surface area contributed by atoms with Gasteiger partial charge in [-0.3, -0.25) is 9.59 Å². The first kappa shape index (κ1) is 23.2. The van der Waals surface area contributed by atoms with Crippen molar-refractivity contribution >= 4 is 23.5 Å². The molecule has 2 aromatic rings. The number of urea groups is 1. The van der Waals surface area contributed by atoms with Gasteiger partial charge in [0.25, 0.3) is 0 Å². The molecule has 0 unspecified atom stereocenters. The van der Waals surface area contributed by atoms with Crippen LogP contribution in [0.4, 0.5) is 14.9 Å². The highest BCUT2D eigenvalue weighted by Gasteiger charge is 2.27. The SMILES string of the molecule is CC(=O)N[C@@H](Cc1ccc(F)cc1)C(=O)NC1CCN(C(=O)Nc2ccccc2C)CC1. The molecule has 1 heterocycles. The van der Waals surface area contributed by atoms with Gasteiger partial charge in [-0.15, -0.1) is 0 Å². The zero-order chi connectivity index (χ0) is 23.1. The predicted molar refractivity (Wildman–Crippen MR) is 121 cm³/mol. The number of carbonyl (C=O) groups is 3. The number of amides is 4. The van der Waals surface area contributed by atoms with Crippen molar-refractivity contribution in [3.8, 4) is 0 Å². The van der Waals surface area contributed by atoms with Crippen LogP contribution in [0, 0.1) is 12.7 Å². The molecule has 0 aromatic heterocycles. The number of hydrogen-bond donors (Lipinski definition) is 3. The Bertz CT molecular complexity index is 956. The molecule has 32 heavy (non-hydrogen) atoms. The maximum Gasteiger partial charge on any atom is 0.321 e. The van der Waals surface area contributed by atoms with Gasteiger partial charge in [0.15, 0.2) is 0 Å². The third-order valence-corrected chi connectivity index (χ3v) is 5.56. The third kappa shape index (κ3) is 6.54. The number of para-hydroxylation sites is 1. The zero-order valence-electron chi connectivity index (χ0n) is 18.4.